The molecule has 0 aliphatic heterocycles. The Kier molecular flexibility index (Phi) is 6.51. The molecular formula is C19H21FN2O3. The molecule has 2 aromatic rings. The van der Waals surface area contributed by atoms with Crippen molar-refractivity contribution in [3.05, 3.63) is 65.5 Å². The summed E-state index contributed by atoms with van der Waals surface area (Å²) in [5.41, 5.74) is 1.57. The molecule has 0 aliphatic carbocycles. The van der Waals surface area contributed by atoms with Crippen LogP contribution < -0.4 is 15.4 Å². The number of rotatable bonds is 6. The second kappa shape index (κ2) is 8.82. The zero-order chi connectivity index (χ0) is 18.2. The second-order valence-electron chi connectivity index (χ2n) is 5.80. The molecule has 0 aromatic heterocycles. The van der Waals surface area contributed by atoms with Gasteiger partial charge in [0.15, 0.2) is 0 Å². The van der Waals surface area contributed by atoms with E-state index in [9.17, 15) is 14.0 Å². The Bertz CT molecular complexity index is 712. The van der Waals surface area contributed by atoms with Crippen LogP contribution in [0.2, 0.25) is 0 Å². The van der Waals surface area contributed by atoms with Crippen molar-refractivity contribution in [1.29, 1.82) is 0 Å². The summed E-state index contributed by atoms with van der Waals surface area (Å²) < 4.78 is 18.3. The van der Waals surface area contributed by atoms with Gasteiger partial charge < -0.3 is 15.4 Å². The summed E-state index contributed by atoms with van der Waals surface area (Å²) in [6, 6.07) is 13.0. The standard InChI is InChI=1S/C19H21FN2O3/c1-13(2)25-17-9-5-15(6-10-17)12-22-19(24)18(23)21-11-14-3-7-16(20)8-4-14/h3-10,13H,11-12H2,1-2H3,(H,21,23)(H,22,24). The fraction of sp³-hybridized carbons (Fsp3) is 0.263. The monoisotopic (exact) mass is 344 g/mol. The number of amides is 2. The molecule has 0 radical (unpaired) electrons. The number of halogens is 1. The maximum absolute atomic E-state index is 12.8. The van der Waals surface area contributed by atoms with Crippen LogP contribution in [0.25, 0.3) is 0 Å². The Morgan fingerprint density at radius 3 is 1.76 bits per heavy atom. The maximum atomic E-state index is 12.8. The van der Waals surface area contributed by atoms with E-state index in [0.29, 0.717) is 5.56 Å². The molecule has 0 spiro atoms. The first kappa shape index (κ1) is 18.4. The molecule has 0 aliphatic rings. The minimum atomic E-state index is -0.732. The van der Waals surface area contributed by atoms with Crippen molar-refractivity contribution in [3.8, 4) is 5.75 Å². The minimum absolute atomic E-state index is 0.0929. The highest BCUT2D eigenvalue weighted by molar-refractivity contribution is 6.35. The van der Waals surface area contributed by atoms with Gasteiger partial charge in [-0.05, 0) is 49.2 Å². The van der Waals surface area contributed by atoms with Gasteiger partial charge in [0.25, 0.3) is 0 Å². The van der Waals surface area contributed by atoms with Crippen LogP contribution >= 0.6 is 0 Å². The lowest BCUT2D eigenvalue weighted by molar-refractivity contribution is -0.139. The zero-order valence-corrected chi connectivity index (χ0v) is 14.2. The van der Waals surface area contributed by atoms with Gasteiger partial charge in [-0.1, -0.05) is 24.3 Å². The second-order valence-corrected chi connectivity index (χ2v) is 5.80. The van der Waals surface area contributed by atoms with E-state index in [0.717, 1.165) is 11.3 Å². The van der Waals surface area contributed by atoms with E-state index in [1.165, 1.54) is 12.1 Å². The van der Waals surface area contributed by atoms with Crippen molar-refractivity contribution in [2.45, 2.75) is 33.0 Å². The van der Waals surface area contributed by atoms with E-state index in [1.807, 2.05) is 38.1 Å². The Morgan fingerprint density at radius 1 is 0.880 bits per heavy atom. The lowest BCUT2D eigenvalue weighted by atomic mass is 10.2. The molecule has 0 bridgehead atoms. The van der Waals surface area contributed by atoms with E-state index >= 15 is 0 Å². The molecule has 5 nitrogen and oxygen atoms in total. The van der Waals surface area contributed by atoms with Crippen LogP contribution in [0.3, 0.4) is 0 Å². The molecule has 0 fully saturated rings. The molecule has 0 atom stereocenters. The van der Waals surface area contributed by atoms with Crippen molar-refractivity contribution >= 4 is 11.8 Å². The quantitative estimate of drug-likeness (QED) is 0.792. The van der Waals surface area contributed by atoms with Crippen molar-refractivity contribution in [3.63, 3.8) is 0 Å². The third kappa shape index (κ3) is 6.25. The first-order valence-corrected chi connectivity index (χ1v) is 8.00. The number of benzene rings is 2. The average Bonchev–Trinajstić information content (AvgIpc) is 2.59. The number of hydrogen-bond acceptors (Lipinski definition) is 3. The number of carbonyl (C=O) groups excluding carboxylic acids is 2. The highest BCUT2D eigenvalue weighted by Gasteiger charge is 2.12. The van der Waals surface area contributed by atoms with Crippen molar-refractivity contribution in [2.75, 3.05) is 0 Å². The van der Waals surface area contributed by atoms with Gasteiger partial charge in [-0.15, -0.1) is 0 Å². The van der Waals surface area contributed by atoms with Gasteiger partial charge in [0.1, 0.15) is 11.6 Å². The van der Waals surface area contributed by atoms with Crippen LogP contribution in [0.15, 0.2) is 48.5 Å². The normalized spacial score (nSPS) is 10.4. The summed E-state index contributed by atoms with van der Waals surface area (Å²) in [7, 11) is 0. The van der Waals surface area contributed by atoms with Gasteiger partial charge in [0.05, 0.1) is 6.10 Å². The third-order valence-corrected chi connectivity index (χ3v) is 3.32. The van der Waals surface area contributed by atoms with Crippen LogP contribution in [-0.2, 0) is 22.7 Å². The Hall–Kier alpha value is -2.89. The summed E-state index contributed by atoms with van der Waals surface area (Å²) >= 11 is 0. The van der Waals surface area contributed by atoms with Gasteiger partial charge in [-0.3, -0.25) is 9.59 Å². The molecule has 0 heterocycles. The van der Waals surface area contributed by atoms with E-state index in [4.69, 9.17) is 4.74 Å². The smallest absolute Gasteiger partial charge is 0.309 e. The van der Waals surface area contributed by atoms with E-state index in [1.54, 1.807) is 12.1 Å². The summed E-state index contributed by atoms with van der Waals surface area (Å²) in [6.45, 7) is 4.29. The van der Waals surface area contributed by atoms with Gasteiger partial charge in [0.2, 0.25) is 0 Å². The Balaban J connectivity index is 1.77. The van der Waals surface area contributed by atoms with Gasteiger partial charge in [-0.25, -0.2) is 4.39 Å². The van der Waals surface area contributed by atoms with Gasteiger partial charge in [0, 0.05) is 13.1 Å². The average molecular weight is 344 g/mol. The van der Waals surface area contributed by atoms with Crippen molar-refractivity contribution in [2.24, 2.45) is 0 Å². The molecule has 25 heavy (non-hydrogen) atoms. The van der Waals surface area contributed by atoms with Crippen LogP contribution in [0.1, 0.15) is 25.0 Å². The predicted octanol–water partition coefficient (Wildman–Crippen LogP) is 2.55. The Morgan fingerprint density at radius 2 is 1.32 bits per heavy atom. The molecule has 132 valence electrons. The van der Waals surface area contributed by atoms with Gasteiger partial charge >= 0.3 is 11.8 Å². The Labute approximate surface area is 146 Å². The molecule has 0 unspecified atom stereocenters. The predicted molar refractivity (Wildman–Crippen MR) is 92.3 cm³/mol. The molecular weight excluding hydrogens is 323 g/mol. The molecule has 6 heteroatoms. The number of carbonyl (C=O) groups is 2. The van der Waals surface area contributed by atoms with Crippen LogP contribution in [0.5, 0.6) is 5.75 Å². The molecule has 2 N–H and O–H groups in total. The SMILES string of the molecule is CC(C)Oc1ccc(CNC(=O)C(=O)NCc2ccc(F)cc2)cc1. The lowest BCUT2D eigenvalue weighted by Gasteiger charge is -2.10. The highest BCUT2D eigenvalue weighted by Crippen LogP contribution is 2.13. The van der Waals surface area contributed by atoms with E-state index < -0.39 is 11.8 Å². The maximum Gasteiger partial charge on any atom is 0.309 e. The number of hydrogen-bond donors (Lipinski definition) is 2. The molecule has 2 amide bonds. The summed E-state index contributed by atoms with van der Waals surface area (Å²) in [6.07, 6.45) is 0.0929. The van der Waals surface area contributed by atoms with Crippen LogP contribution in [0.4, 0.5) is 4.39 Å². The highest BCUT2D eigenvalue weighted by atomic mass is 19.1. The first-order chi connectivity index (χ1) is 11.9. The molecule has 2 rings (SSSR count). The largest absolute Gasteiger partial charge is 0.491 e. The van der Waals surface area contributed by atoms with Crippen molar-refractivity contribution < 1.29 is 18.7 Å². The van der Waals surface area contributed by atoms with Crippen LogP contribution in [-0.4, -0.2) is 17.9 Å². The topological polar surface area (TPSA) is 67.4 Å². The zero-order valence-electron chi connectivity index (χ0n) is 14.2. The summed E-state index contributed by atoms with van der Waals surface area (Å²) in [5.74, 6) is -1.05. The molecule has 0 saturated carbocycles. The van der Waals surface area contributed by atoms with Crippen molar-refractivity contribution in [1.82, 2.24) is 10.6 Å². The lowest BCUT2D eigenvalue weighted by Crippen LogP contribution is -2.39. The summed E-state index contributed by atoms with van der Waals surface area (Å²) in [4.78, 5) is 23.6. The number of ether oxygens (including phenoxy) is 1. The fourth-order valence-electron chi connectivity index (χ4n) is 2.09. The van der Waals surface area contributed by atoms with Crippen LogP contribution in [0, 0.1) is 5.82 Å². The van der Waals surface area contributed by atoms with E-state index in [-0.39, 0.29) is 25.0 Å². The van der Waals surface area contributed by atoms with Gasteiger partial charge in [-0.2, -0.15) is 0 Å². The fourth-order valence-corrected chi connectivity index (χ4v) is 2.09. The van der Waals surface area contributed by atoms with E-state index in [2.05, 4.69) is 10.6 Å². The minimum Gasteiger partial charge on any atom is -0.491 e. The molecule has 0 saturated heterocycles. The summed E-state index contributed by atoms with van der Waals surface area (Å²) in [5, 5.41) is 5.04. The number of nitrogens with one attached hydrogen (secondary N) is 2. The third-order valence-electron chi connectivity index (χ3n) is 3.32. The molecule has 2 aromatic carbocycles. The first-order valence-electron chi connectivity index (χ1n) is 8.00.